The van der Waals surface area contributed by atoms with E-state index >= 15 is 0 Å². The molecule has 1 aliphatic rings. The Morgan fingerprint density at radius 1 is 0.870 bits per heavy atom. The lowest BCUT2D eigenvalue weighted by atomic mass is 9.92. The van der Waals surface area contributed by atoms with Gasteiger partial charge in [-0.2, -0.15) is 5.10 Å². The number of hydrogen-bond donors (Lipinski definition) is 3. The zero-order valence-electron chi connectivity index (χ0n) is 30.4. The molecule has 3 N–H and O–H groups in total. The Hall–Kier alpha value is -6.57. The molecule has 1 aliphatic heterocycles. The standard InChI is InChI=1S/C40H40FN9O4/c1-40(2,3)34-21-37(50(48-34)27-18-26(41)19-28(20-27)53-4)47-39(52)45-31-11-12-33(30-10-6-5-9-29(30)31)54-24-25-13-14-42-35(17-25)46-36-23-43-32(22-44-36)38(51)49-15-7-8-16-49/h5-6,9-14,17-23H,7-8,15-16,24H2,1-4H3,(H,42,44,46)(H2,45,47,52). The van der Waals surface area contributed by atoms with Crippen molar-refractivity contribution >= 4 is 45.9 Å². The molecule has 0 spiro atoms. The first-order valence-electron chi connectivity index (χ1n) is 17.6. The van der Waals surface area contributed by atoms with E-state index in [4.69, 9.17) is 14.6 Å². The average Bonchev–Trinajstić information content (AvgIpc) is 3.86. The van der Waals surface area contributed by atoms with E-state index < -0.39 is 11.8 Å². The smallest absolute Gasteiger partial charge is 0.324 e. The van der Waals surface area contributed by atoms with Crippen LogP contribution >= 0.6 is 0 Å². The van der Waals surface area contributed by atoms with Crippen LogP contribution in [-0.4, -0.2) is 61.8 Å². The second-order valence-corrected chi connectivity index (χ2v) is 13.9. The molecule has 13 nitrogen and oxygen atoms in total. The summed E-state index contributed by atoms with van der Waals surface area (Å²) in [6.45, 7) is 7.75. The summed E-state index contributed by atoms with van der Waals surface area (Å²) >= 11 is 0. The number of halogens is 1. The lowest BCUT2D eigenvalue weighted by Crippen LogP contribution is -2.28. The maximum absolute atomic E-state index is 14.5. The van der Waals surface area contributed by atoms with Crippen LogP contribution in [0.5, 0.6) is 11.5 Å². The van der Waals surface area contributed by atoms with E-state index in [1.165, 1.54) is 36.3 Å². The van der Waals surface area contributed by atoms with Gasteiger partial charge in [0.25, 0.3) is 5.91 Å². The van der Waals surface area contributed by atoms with Crippen molar-refractivity contribution in [3.05, 3.63) is 114 Å². The van der Waals surface area contributed by atoms with Gasteiger partial charge in [0.2, 0.25) is 0 Å². The summed E-state index contributed by atoms with van der Waals surface area (Å²) in [6, 6.07) is 20.4. The Balaban J connectivity index is 1.04. The van der Waals surface area contributed by atoms with Crippen LogP contribution in [0.2, 0.25) is 0 Å². The van der Waals surface area contributed by atoms with Crippen molar-refractivity contribution in [1.82, 2.24) is 29.6 Å². The molecule has 3 amide bonds. The fraction of sp³-hybridized carbons (Fsp3) is 0.250. The van der Waals surface area contributed by atoms with Gasteiger partial charge >= 0.3 is 6.03 Å². The summed E-state index contributed by atoms with van der Waals surface area (Å²) < 4.78 is 27.5. The number of amides is 3. The zero-order chi connectivity index (χ0) is 37.8. The second-order valence-electron chi connectivity index (χ2n) is 13.9. The third-order valence-electron chi connectivity index (χ3n) is 8.93. The summed E-state index contributed by atoms with van der Waals surface area (Å²) in [4.78, 5) is 41.0. The van der Waals surface area contributed by atoms with Gasteiger partial charge in [-0.15, -0.1) is 0 Å². The minimum absolute atomic E-state index is 0.106. The number of carbonyl (C=O) groups is 2. The number of methoxy groups -OCH3 is 1. The van der Waals surface area contributed by atoms with Gasteiger partial charge in [-0.05, 0) is 48.7 Å². The lowest BCUT2D eigenvalue weighted by Gasteiger charge is -2.15. The molecule has 7 rings (SSSR count). The highest BCUT2D eigenvalue weighted by atomic mass is 19.1. The number of carbonyl (C=O) groups excluding carboxylic acids is 2. The minimum Gasteiger partial charge on any atom is -0.497 e. The van der Waals surface area contributed by atoms with Crippen LogP contribution in [0.15, 0.2) is 91.4 Å². The largest absolute Gasteiger partial charge is 0.497 e. The Morgan fingerprint density at radius 3 is 2.41 bits per heavy atom. The zero-order valence-corrected chi connectivity index (χ0v) is 30.4. The molecule has 14 heteroatoms. The number of pyridine rings is 1. The highest BCUT2D eigenvalue weighted by molar-refractivity contribution is 6.07. The SMILES string of the molecule is COc1cc(F)cc(-n2nc(C(C)(C)C)cc2NC(=O)Nc2ccc(OCc3ccnc(Nc4cnc(C(=O)N5CCCC5)cn4)c3)c3ccccc23)c1. The van der Waals surface area contributed by atoms with E-state index in [9.17, 15) is 14.0 Å². The third kappa shape index (κ3) is 8.07. The van der Waals surface area contributed by atoms with Gasteiger partial charge in [0.15, 0.2) is 0 Å². The monoisotopic (exact) mass is 729 g/mol. The van der Waals surface area contributed by atoms with Gasteiger partial charge in [-0.3, -0.25) is 10.1 Å². The van der Waals surface area contributed by atoms with E-state index in [-0.39, 0.29) is 17.9 Å². The molecule has 0 aliphatic carbocycles. The van der Waals surface area contributed by atoms with Crippen LogP contribution in [0, 0.1) is 5.82 Å². The maximum Gasteiger partial charge on any atom is 0.324 e. The third-order valence-corrected chi connectivity index (χ3v) is 8.93. The topological polar surface area (TPSA) is 148 Å². The predicted octanol–water partition coefficient (Wildman–Crippen LogP) is 7.86. The summed E-state index contributed by atoms with van der Waals surface area (Å²) in [5, 5.41) is 15.3. The van der Waals surface area contributed by atoms with Crippen molar-refractivity contribution < 1.29 is 23.5 Å². The summed E-state index contributed by atoms with van der Waals surface area (Å²) in [6.07, 6.45) is 6.69. The molecule has 0 saturated carbocycles. The van der Waals surface area contributed by atoms with E-state index in [0.717, 1.165) is 42.3 Å². The second kappa shape index (κ2) is 15.2. The van der Waals surface area contributed by atoms with Crippen LogP contribution in [0.4, 0.5) is 32.3 Å². The average molecular weight is 730 g/mol. The number of nitrogens with one attached hydrogen (secondary N) is 3. The summed E-state index contributed by atoms with van der Waals surface area (Å²) in [7, 11) is 1.46. The first-order chi connectivity index (χ1) is 26.0. The van der Waals surface area contributed by atoms with Crippen molar-refractivity contribution in [1.29, 1.82) is 0 Å². The molecule has 0 unspecified atom stereocenters. The normalized spacial score (nSPS) is 12.8. The van der Waals surface area contributed by atoms with E-state index in [1.807, 2.05) is 57.2 Å². The highest BCUT2D eigenvalue weighted by Gasteiger charge is 2.23. The van der Waals surface area contributed by atoms with Gasteiger partial charge in [0, 0.05) is 53.7 Å². The van der Waals surface area contributed by atoms with Crippen LogP contribution in [0.1, 0.15) is 55.4 Å². The molecule has 1 saturated heterocycles. The van der Waals surface area contributed by atoms with Gasteiger partial charge in [0.05, 0.1) is 36.6 Å². The Labute approximate surface area is 311 Å². The number of nitrogens with zero attached hydrogens (tertiary/aromatic N) is 6. The highest BCUT2D eigenvalue weighted by Crippen LogP contribution is 2.33. The molecule has 1 fully saturated rings. The number of aromatic nitrogens is 5. The fourth-order valence-electron chi connectivity index (χ4n) is 6.11. The molecule has 0 bridgehead atoms. The molecule has 3 aromatic carbocycles. The van der Waals surface area contributed by atoms with E-state index in [0.29, 0.717) is 51.7 Å². The minimum atomic E-state index is -0.506. The molecule has 276 valence electrons. The van der Waals surface area contributed by atoms with Crippen molar-refractivity contribution in [3.63, 3.8) is 0 Å². The Morgan fingerprint density at radius 2 is 1.67 bits per heavy atom. The van der Waals surface area contributed by atoms with Gasteiger partial charge in [-0.1, -0.05) is 45.0 Å². The number of rotatable bonds is 10. The first kappa shape index (κ1) is 35.8. The quantitative estimate of drug-likeness (QED) is 0.128. The van der Waals surface area contributed by atoms with Crippen LogP contribution in [-0.2, 0) is 12.0 Å². The molecule has 4 heterocycles. The Bertz CT molecular complexity index is 2320. The number of fused-ring (bicyclic) bond motifs is 1. The van der Waals surface area contributed by atoms with Gasteiger partial charge < -0.3 is 25.0 Å². The first-order valence-corrected chi connectivity index (χ1v) is 17.6. The number of anilines is 4. The number of benzene rings is 3. The lowest BCUT2D eigenvalue weighted by molar-refractivity contribution is 0.0786. The van der Waals surface area contributed by atoms with Gasteiger partial charge in [-0.25, -0.2) is 28.8 Å². The molecule has 0 atom stereocenters. The Kier molecular flexibility index (Phi) is 10.1. The van der Waals surface area contributed by atoms with Crippen molar-refractivity contribution in [3.8, 4) is 17.2 Å². The molecule has 3 aromatic heterocycles. The van der Waals surface area contributed by atoms with Crippen molar-refractivity contribution in [2.75, 3.05) is 36.1 Å². The number of ether oxygens (including phenoxy) is 2. The van der Waals surface area contributed by atoms with E-state index in [2.05, 4.69) is 30.9 Å². The fourth-order valence-corrected chi connectivity index (χ4v) is 6.11. The van der Waals surface area contributed by atoms with Crippen LogP contribution in [0.25, 0.3) is 16.5 Å². The molecule has 0 radical (unpaired) electrons. The van der Waals surface area contributed by atoms with E-state index in [1.54, 1.807) is 35.4 Å². The predicted molar refractivity (Wildman–Crippen MR) is 204 cm³/mol. The van der Waals surface area contributed by atoms with Crippen LogP contribution < -0.4 is 25.4 Å². The maximum atomic E-state index is 14.5. The molecular weight excluding hydrogens is 689 g/mol. The molecular formula is C40H40FN9O4. The van der Waals surface area contributed by atoms with Crippen LogP contribution in [0.3, 0.4) is 0 Å². The summed E-state index contributed by atoms with van der Waals surface area (Å²) in [5.74, 6) is 1.72. The number of urea groups is 1. The molecule has 54 heavy (non-hydrogen) atoms. The number of likely N-dealkylation sites (tertiary alicyclic amines) is 1. The number of hydrogen-bond acceptors (Lipinski definition) is 9. The summed E-state index contributed by atoms with van der Waals surface area (Å²) in [5.41, 5.74) is 2.50. The van der Waals surface area contributed by atoms with Crippen molar-refractivity contribution in [2.24, 2.45) is 0 Å². The van der Waals surface area contributed by atoms with Gasteiger partial charge in [0.1, 0.15) is 47.1 Å². The van der Waals surface area contributed by atoms with Crippen molar-refractivity contribution in [2.45, 2.75) is 45.6 Å². The molecule has 6 aromatic rings.